The highest BCUT2D eigenvalue weighted by molar-refractivity contribution is 5.69. The Morgan fingerprint density at radius 3 is 3.15 bits per heavy atom. The number of nitrogens with zero attached hydrogens (tertiary/aromatic N) is 3. The van der Waals surface area contributed by atoms with Crippen LogP contribution in [0.5, 0.6) is 0 Å². The quantitative estimate of drug-likeness (QED) is 0.719. The fourth-order valence-electron chi connectivity index (χ4n) is 1.20. The van der Waals surface area contributed by atoms with Crippen molar-refractivity contribution < 1.29 is 9.90 Å². The van der Waals surface area contributed by atoms with E-state index in [2.05, 4.69) is 10.2 Å². The SMILES string of the molecule is O=C(O)Cc1cccc2nncn12. The van der Waals surface area contributed by atoms with Crippen LogP contribution in [0, 0.1) is 0 Å². The van der Waals surface area contributed by atoms with Crippen LogP contribution in [0.1, 0.15) is 5.69 Å². The molecule has 5 nitrogen and oxygen atoms in total. The van der Waals surface area contributed by atoms with Gasteiger partial charge in [0.05, 0.1) is 6.42 Å². The molecule has 2 rings (SSSR count). The van der Waals surface area contributed by atoms with Crippen molar-refractivity contribution in [2.75, 3.05) is 0 Å². The van der Waals surface area contributed by atoms with Gasteiger partial charge in [0.2, 0.25) is 0 Å². The fourth-order valence-corrected chi connectivity index (χ4v) is 1.20. The molecule has 0 aliphatic heterocycles. The minimum Gasteiger partial charge on any atom is -0.481 e. The normalized spacial score (nSPS) is 10.5. The number of pyridine rings is 1. The first-order valence-corrected chi connectivity index (χ1v) is 3.77. The average molecular weight is 177 g/mol. The van der Waals surface area contributed by atoms with E-state index < -0.39 is 5.97 Å². The number of carbonyl (C=O) groups is 1. The molecule has 0 fully saturated rings. The van der Waals surface area contributed by atoms with Gasteiger partial charge in [0.15, 0.2) is 5.65 Å². The fraction of sp³-hybridized carbons (Fsp3) is 0.125. The second-order valence-corrected chi connectivity index (χ2v) is 2.65. The van der Waals surface area contributed by atoms with E-state index in [1.165, 1.54) is 6.33 Å². The number of aromatic nitrogens is 3. The number of carboxylic acid groups (broad SMARTS) is 1. The molecule has 1 N–H and O–H groups in total. The topological polar surface area (TPSA) is 67.5 Å². The smallest absolute Gasteiger partial charge is 0.309 e. The summed E-state index contributed by atoms with van der Waals surface area (Å²) in [6.45, 7) is 0. The first kappa shape index (κ1) is 7.72. The maximum atomic E-state index is 10.5. The monoisotopic (exact) mass is 177 g/mol. The van der Waals surface area contributed by atoms with Crippen LogP contribution >= 0.6 is 0 Å². The van der Waals surface area contributed by atoms with Crippen molar-refractivity contribution in [3.05, 3.63) is 30.2 Å². The zero-order valence-electron chi connectivity index (χ0n) is 6.71. The van der Waals surface area contributed by atoms with Crippen molar-refractivity contribution in [1.82, 2.24) is 14.6 Å². The van der Waals surface area contributed by atoms with E-state index in [0.29, 0.717) is 11.3 Å². The Morgan fingerprint density at radius 2 is 2.38 bits per heavy atom. The van der Waals surface area contributed by atoms with E-state index in [9.17, 15) is 4.79 Å². The number of fused-ring (bicyclic) bond motifs is 1. The first-order valence-electron chi connectivity index (χ1n) is 3.77. The number of hydrogen-bond donors (Lipinski definition) is 1. The molecule has 0 saturated carbocycles. The molecule has 0 amide bonds. The van der Waals surface area contributed by atoms with Crippen LogP contribution in [0.15, 0.2) is 24.5 Å². The Balaban J connectivity index is 2.54. The molecule has 66 valence electrons. The largest absolute Gasteiger partial charge is 0.481 e. The average Bonchev–Trinajstić information content (AvgIpc) is 2.51. The lowest BCUT2D eigenvalue weighted by Gasteiger charge is -1.99. The summed E-state index contributed by atoms with van der Waals surface area (Å²) in [5.41, 5.74) is 1.34. The van der Waals surface area contributed by atoms with Gasteiger partial charge in [-0.05, 0) is 12.1 Å². The van der Waals surface area contributed by atoms with Crippen LogP contribution in [-0.4, -0.2) is 25.7 Å². The van der Waals surface area contributed by atoms with Gasteiger partial charge < -0.3 is 5.11 Å². The van der Waals surface area contributed by atoms with Crippen molar-refractivity contribution in [2.45, 2.75) is 6.42 Å². The van der Waals surface area contributed by atoms with Crippen molar-refractivity contribution in [3.63, 3.8) is 0 Å². The summed E-state index contributed by atoms with van der Waals surface area (Å²) in [6, 6.07) is 5.28. The molecular formula is C8H7N3O2. The molecule has 2 aromatic rings. The summed E-state index contributed by atoms with van der Waals surface area (Å²) in [5.74, 6) is -0.860. The molecule has 2 heterocycles. The van der Waals surface area contributed by atoms with Crippen LogP contribution in [0.3, 0.4) is 0 Å². The Bertz CT molecular complexity index is 449. The number of aliphatic carboxylic acids is 1. The maximum absolute atomic E-state index is 10.5. The number of hydrogen-bond acceptors (Lipinski definition) is 3. The zero-order chi connectivity index (χ0) is 9.26. The van der Waals surface area contributed by atoms with Crippen molar-refractivity contribution in [3.8, 4) is 0 Å². The number of carboxylic acids is 1. The van der Waals surface area contributed by atoms with Crippen LogP contribution in [0.2, 0.25) is 0 Å². The Labute approximate surface area is 73.6 Å². The van der Waals surface area contributed by atoms with E-state index in [0.717, 1.165) is 0 Å². The van der Waals surface area contributed by atoms with E-state index in [4.69, 9.17) is 5.11 Å². The van der Waals surface area contributed by atoms with E-state index in [1.807, 2.05) is 0 Å². The van der Waals surface area contributed by atoms with E-state index in [1.54, 1.807) is 22.6 Å². The van der Waals surface area contributed by atoms with Gasteiger partial charge in [-0.3, -0.25) is 9.20 Å². The Kier molecular flexibility index (Phi) is 1.70. The molecule has 0 saturated heterocycles. The highest BCUT2D eigenvalue weighted by Gasteiger charge is 2.04. The Morgan fingerprint density at radius 1 is 1.54 bits per heavy atom. The molecule has 0 atom stereocenters. The predicted octanol–water partition coefficient (Wildman–Crippen LogP) is 0.356. The van der Waals surface area contributed by atoms with E-state index >= 15 is 0 Å². The minimum atomic E-state index is -0.860. The predicted molar refractivity (Wildman–Crippen MR) is 44.3 cm³/mol. The van der Waals surface area contributed by atoms with Gasteiger partial charge >= 0.3 is 5.97 Å². The summed E-state index contributed by atoms with van der Waals surface area (Å²) < 4.78 is 1.66. The third-order valence-electron chi connectivity index (χ3n) is 1.75. The van der Waals surface area contributed by atoms with Gasteiger partial charge in [-0.1, -0.05) is 6.07 Å². The number of rotatable bonds is 2. The van der Waals surface area contributed by atoms with Gasteiger partial charge in [-0.15, -0.1) is 10.2 Å². The summed E-state index contributed by atoms with van der Waals surface area (Å²) in [4.78, 5) is 10.5. The molecule has 13 heavy (non-hydrogen) atoms. The summed E-state index contributed by atoms with van der Waals surface area (Å²) >= 11 is 0. The Hall–Kier alpha value is -1.91. The summed E-state index contributed by atoms with van der Waals surface area (Å²) in [7, 11) is 0. The van der Waals surface area contributed by atoms with Crippen molar-refractivity contribution in [2.24, 2.45) is 0 Å². The van der Waals surface area contributed by atoms with Crippen LogP contribution in [-0.2, 0) is 11.2 Å². The van der Waals surface area contributed by atoms with Gasteiger partial charge in [0, 0.05) is 5.69 Å². The minimum absolute atomic E-state index is 0.0185. The molecule has 0 unspecified atom stereocenters. The molecule has 0 aliphatic rings. The molecule has 0 bridgehead atoms. The lowest BCUT2D eigenvalue weighted by Crippen LogP contribution is -2.04. The van der Waals surface area contributed by atoms with Gasteiger partial charge in [-0.2, -0.15) is 0 Å². The molecule has 0 spiro atoms. The van der Waals surface area contributed by atoms with Gasteiger partial charge in [-0.25, -0.2) is 0 Å². The molecule has 0 aliphatic carbocycles. The lowest BCUT2D eigenvalue weighted by atomic mass is 10.2. The van der Waals surface area contributed by atoms with Gasteiger partial charge in [0.25, 0.3) is 0 Å². The highest BCUT2D eigenvalue weighted by atomic mass is 16.4. The summed E-state index contributed by atoms with van der Waals surface area (Å²) in [5, 5.41) is 16.1. The van der Waals surface area contributed by atoms with Crippen LogP contribution in [0.25, 0.3) is 5.65 Å². The van der Waals surface area contributed by atoms with Crippen molar-refractivity contribution >= 4 is 11.6 Å². The summed E-state index contributed by atoms with van der Waals surface area (Å²) in [6.07, 6.45) is 1.49. The molecule has 5 heteroatoms. The highest BCUT2D eigenvalue weighted by Crippen LogP contribution is 2.04. The van der Waals surface area contributed by atoms with Crippen LogP contribution in [0.4, 0.5) is 0 Å². The maximum Gasteiger partial charge on any atom is 0.309 e. The molecule has 0 aromatic carbocycles. The first-order chi connectivity index (χ1) is 6.27. The van der Waals surface area contributed by atoms with Crippen LogP contribution < -0.4 is 0 Å². The standard InChI is InChI=1S/C8H7N3O2/c12-8(13)4-6-2-1-3-7-10-9-5-11(6)7/h1-3,5H,4H2,(H,12,13). The third-order valence-corrected chi connectivity index (χ3v) is 1.75. The lowest BCUT2D eigenvalue weighted by molar-refractivity contribution is -0.136. The molecular weight excluding hydrogens is 170 g/mol. The molecule has 0 radical (unpaired) electrons. The zero-order valence-corrected chi connectivity index (χ0v) is 6.71. The van der Waals surface area contributed by atoms with E-state index in [-0.39, 0.29) is 6.42 Å². The van der Waals surface area contributed by atoms with Gasteiger partial charge in [0.1, 0.15) is 6.33 Å². The third kappa shape index (κ3) is 1.35. The second-order valence-electron chi connectivity index (χ2n) is 2.65. The van der Waals surface area contributed by atoms with Crippen molar-refractivity contribution in [1.29, 1.82) is 0 Å². The molecule has 2 aromatic heterocycles. The second kappa shape index (κ2) is 2.85.